The largest absolute Gasteiger partial charge is 0.378 e. The number of fused-ring (bicyclic) bond motifs is 1. The lowest BCUT2D eigenvalue weighted by atomic mass is 9.85. The molecule has 0 saturated carbocycles. The van der Waals surface area contributed by atoms with Gasteiger partial charge in [0, 0.05) is 35.0 Å². The van der Waals surface area contributed by atoms with Gasteiger partial charge in [-0.05, 0) is 55.5 Å². The number of pyridine rings is 1. The number of amides is 1. The van der Waals surface area contributed by atoms with E-state index in [1.807, 2.05) is 61.5 Å². The molecule has 1 amide bonds. The average Bonchev–Trinajstić information content (AvgIpc) is 3.37. The molecule has 2 N–H and O–H groups in total. The minimum atomic E-state index is -1.47. The van der Waals surface area contributed by atoms with E-state index in [4.69, 9.17) is 19.4 Å². The van der Waals surface area contributed by atoms with Gasteiger partial charge < -0.3 is 14.2 Å². The Morgan fingerprint density at radius 1 is 1.05 bits per heavy atom. The Labute approximate surface area is 218 Å². The highest BCUT2D eigenvalue weighted by Gasteiger charge is 2.25. The quantitative estimate of drug-likeness (QED) is 0.376. The van der Waals surface area contributed by atoms with Crippen LogP contribution in [0.5, 0.6) is 0 Å². The summed E-state index contributed by atoms with van der Waals surface area (Å²) in [7, 11) is -1.47. The van der Waals surface area contributed by atoms with E-state index in [0.717, 1.165) is 33.5 Å². The van der Waals surface area contributed by atoms with E-state index in [1.54, 1.807) is 11.0 Å². The van der Waals surface area contributed by atoms with E-state index in [0.29, 0.717) is 44.8 Å². The van der Waals surface area contributed by atoms with Crippen LogP contribution in [0.25, 0.3) is 22.2 Å². The summed E-state index contributed by atoms with van der Waals surface area (Å²) in [6, 6.07) is 21.4. The molecule has 9 heteroatoms. The van der Waals surface area contributed by atoms with Crippen LogP contribution in [-0.4, -0.2) is 56.7 Å². The van der Waals surface area contributed by atoms with Gasteiger partial charge in [0.25, 0.3) is 5.91 Å². The number of rotatable bonds is 8. The standard InChI is InChI=1S/C28H30N4O4S/c1-19(37(29)34)17-20(18-21-7-6-11-25(30-21)28(33)32-13-15-35-16-14-32)22-8-2-3-9-23(22)27-24-10-4-5-12-26(24)36-31-27/h2-12,19-20H,13-18,29H2,1H3/t19?,20-,37?/m1/s1. The van der Waals surface area contributed by atoms with E-state index in [-0.39, 0.29) is 17.1 Å². The number of ether oxygens (including phenoxy) is 1. The van der Waals surface area contributed by atoms with E-state index in [2.05, 4.69) is 11.2 Å². The lowest BCUT2D eigenvalue weighted by molar-refractivity contribution is 0.0299. The van der Waals surface area contributed by atoms with E-state index in [1.165, 1.54) is 0 Å². The second-order valence-corrected chi connectivity index (χ2v) is 10.8. The molecule has 1 fully saturated rings. The fraction of sp³-hybridized carbons (Fsp3) is 0.321. The van der Waals surface area contributed by atoms with Crippen LogP contribution in [0.3, 0.4) is 0 Å². The number of benzene rings is 2. The lowest BCUT2D eigenvalue weighted by Gasteiger charge is -2.26. The Balaban J connectivity index is 1.50. The van der Waals surface area contributed by atoms with Crippen LogP contribution < -0.4 is 5.14 Å². The van der Waals surface area contributed by atoms with Crippen molar-refractivity contribution < 1.29 is 18.3 Å². The Bertz CT molecular complexity index is 1420. The van der Waals surface area contributed by atoms with Gasteiger partial charge in [-0.2, -0.15) is 0 Å². The molecule has 3 heterocycles. The zero-order chi connectivity index (χ0) is 25.8. The zero-order valence-electron chi connectivity index (χ0n) is 20.7. The first-order valence-electron chi connectivity index (χ1n) is 12.4. The third kappa shape index (κ3) is 5.64. The molecule has 1 saturated heterocycles. The van der Waals surface area contributed by atoms with Gasteiger partial charge in [0.15, 0.2) is 5.58 Å². The summed E-state index contributed by atoms with van der Waals surface area (Å²) < 4.78 is 23.1. The molecule has 2 aromatic carbocycles. The Morgan fingerprint density at radius 2 is 1.81 bits per heavy atom. The molecule has 3 atom stereocenters. The highest BCUT2D eigenvalue weighted by molar-refractivity contribution is 7.83. The topological polar surface area (TPSA) is 112 Å². The van der Waals surface area contributed by atoms with Crippen molar-refractivity contribution in [2.24, 2.45) is 5.14 Å². The molecule has 4 aromatic rings. The molecule has 2 unspecified atom stereocenters. The predicted molar refractivity (Wildman–Crippen MR) is 143 cm³/mol. The maximum Gasteiger partial charge on any atom is 0.272 e. The molecular weight excluding hydrogens is 488 g/mol. The van der Waals surface area contributed by atoms with Crippen LogP contribution in [0.2, 0.25) is 0 Å². The van der Waals surface area contributed by atoms with Crippen molar-refractivity contribution in [3.05, 3.63) is 83.7 Å². The van der Waals surface area contributed by atoms with Crippen molar-refractivity contribution in [3.8, 4) is 11.3 Å². The van der Waals surface area contributed by atoms with Crippen LogP contribution in [-0.2, 0) is 22.1 Å². The van der Waals surface area contributed by atoms with Gasteiger partial charge in [0.05, 0.1) is 24.2 Å². The summed E-state index contributed by atoms with van der Waals surface area (Å²) in [5, 5.41) is 10.9. The van der Waals surface area contributed by atoms with E-state index in [9.17, 15) is 9.00 Å². The summed E-state index contributed by atoms with van der Waals surface area (Å²) >= 11 is 0. The fourth-order valence-corrected chi connectivity index (χ4v) is 5.28. The van der Waals surface area contributed by atoms with Crippen LogP contribution in [0.4, 0.5) is 0 Å². The number of para-hydroxylation sites is 1. The van der Waals surface area contributed by atoms with Gasteiger partial charge >= 0.3 is 0 Å². The fourth-order valence-electron chi connectivity index (χ4n) is 4.86. The molecule has 0 aliphatic carbocycles. The third-order valence-electron chi connectivity index (χ3n) is 6.83. The molecule has 5 rings (SSSR count). The van der Waals surface area contributed by atoms with Gasteiger partial charge in [0.1, 0.15) is 11.4 Å². The Hall–Kier alpha value is -3.40. The summed E-state index contributed by atoms with van der Waals surface area (Å²) in [4.78, 5) is 19.6. The monoisotopic (exact) mass is 518 g/mol. The number of morpholine rings is 1. The van der Waals surface area contributed by atoms with Crippen molar-refractivity contribution >= 4 is 27.9 Å². The van der Waals surface area contributed by atoms with Crippen molar-refractivity contribution in [2.45, 2.75) is 30.9 Å². The highest BCUT2D eigenvalue weighted by Crippen LogP contribution is 2.37. The number of carbonyl (C=O) groups is 1. The normalized spacial score (nSPS) is 16.4. The maximum atomic E-state index is 13.0. The summed E-state index contributed by atoms with van der Waals surface area (Å²) in [5.41, 5.74) is 4.69. The van der Waals surface area contributed by atoms with Crippen LogP contribution in [0.15, 0.2) is 71.3 Å². The summed E-state index contributed by atoms with van der Waals surface area (Å²) in [6.07, 6.45) is 1.14. The van der Waals surface area contributed by atoms with Crippen LogP contribution in [0, 0.1) is 0 Å². The lowest BCUT2D eigenvalue weighted by Crippen LogP contribution is -2.41. The summed E-state index contributed by atoms with van der Waals surface area (Å²) in [6.45, 7) is 4.09. The second kappa shape index (κ2) is 11.3. The van der Waals surface area contributed by atoms with Gasteiger partial charge in [-0.15, -0.1) is 0 Å². The number of nitrogens with zero attached hydrogens (tertiary/aromatic N) is 3. The second-order valence-electron chi connectivity index (χ2n) is 9.31. The smallest absolute Gasteiger partial charge is 0.272 e. The number of hydrogen-bond acceptors (Lipinski definition) is 6. The molecule has 192 valence electrons. The number of carbonyl (C=O) groups excluding carboxylic acids is 1. The van der Waals surface area contributed by atoms with E-state index < -0.39 is 11.0 Å². The number of nitrogens with two attached hydrogens (primary N) is 1. The van der Waals surface area contributed by atoms with Crippen molar-refractivity contribution in [1.82, 2.24) is 15.0 Å². The molecule has 1 aliphatic rings. The molecule has 0 bridgehead atoms. The van der Waals surface area contributed by atoms with Crippen molar-refractivity contribution in [3.63, 3.8) is 0 Å². The van der Waals surface area contributed by atoms with Crippen molar-refractivity contribution in [1.29, 1.82) is 0 Å². The van der Waals surface area contributed by atoms with Gasteiger partial charge in [-0.1, -0.05) is 47.6 Å². The maximum absolute atomic E-state index is 13.0. The van der Waals surface area contributed by atoms with Gasteiger partial charge in [-0.25, -0.2) is 9.19 Å². The first-order valence-corrected chi connectivity index (χ1v) is 13.7. The zero-order valence-corrected chi connectivity index (χ0v) is 21.5. The van der Waals surface area contributed by atoms with E-state index >= 15 is 0 Å². The summed E-state index contributed by atoms with van der Waals surface area (Å²) in [5.74, 6) is -0.150. The minimum absolute atomic E-state index is 0.0598. The molecule has 0 radical (unpaired) electrons. The molecule has 0 spiro atoms. The van der Waals surface area contributed by atoms with Crippen LogP contribution >= 0.6 is 0 Å². The van der Waals surface area contributed by atoms with Crippen LogP contribution in [0.1, 0.15) is 41.0 Å². The first kappa shape index (κ1) is 25.3. The number of hydrogen-bond donors (Lipinski definition) is 1. The van der Waals surface area contributed by atoms with Gasteiger partial charge in [-0.3, -0.25) is 9.93 Å². The predicted octanol–water partition coefficient (Wildman–Crippen LogP) is 4.09. The first-order chi connectivity index (χ1) is 18.0. The van der Waals surface area contributed by atoms with Gasteiger partial charge in [0.2, 0.25) is 0 Å². The molecule has 2 aromatic heterocycles. The molecular formula is C28H30N4O4S. The molecule has 1 aliphatic heterocycles. The SMILES string of the molecule is CC(C[C@H](Cc1cccc(C(=O)N2CCOCC2)n1)c1ccccc1-c1noc2ccccc12)S(N)=O. The minimum Gasteiger partial charge on any atom is -0.378 e. The third-order valence-corrected chi connectivity index (χ3v) is 7.81. The molecule has 37 heavy (non-hydrogen) atoms. The number of aromatic nitrogens is 2. The van der Waals surface area contributed by atoms with Crippen molar-refractivity contribution in [2.75, 3.05) is 26.3 Å². The average molecular weight is 519 g/mol. The Morgan fingerprint density at radius 3 is 2.62 bits per heavy atom. The Kier molecular flexibility index (Phi) is 7.73. The highest BCUT2D eigenvalue weighted by atomic mass is 32.2. The molecule has 8 nitrogen and oxygen atoms in total.